The Kier molecular flexibility index (Phi) is 3.61. The van der Waals surface area contributed by atoms with Gasteiger partial charge >= 0.3 is 0 Å². The molecule has 0 aliphatic heterocycles. The first-order valence-corrected chi connectivity index (χ1v) is 5.38. The Morgan fingerprint density at radius 2 is 2.00 bits per heavy atom. The largest absolute Gasteiger partial charge is 0.479 e. The average molecular weight is 249 g/mol. The monoisotopic (exact) mass is 249 g/mol. The van der Waals surface area contributed by atoms with Crippen LogP contribution in [0.1, 0.15) is 6.92 Å². The first-order chi connectivity index (χ1) is 8.76. The fourth-order valence-corrected chi connectivity index (χ4v) is 1.41. The SMILES string of the molecule is CCNc1ncc(F)c(-c2nccnc2OC)n1. The lowest BCUT2D eigenvalue weighted by Gasteiger charge is -2.07. The minimum atomic E-state index is -0.574. The summed E-state index contributed by atoms with van der Waals surface area (Å²) in [7, 11) is 1.44. The number of hydrogen-bond donors (Lipinski definition) is 1. The highest BCUT2D eigenvalue weighted by Crippen LogP contribution is 2.25. The number of nitrogens with one attached hydrogen (secondary N) is 1. The van der Waals surface area contributed by atoms with Crippen LogP contribution in [0.4, 0.5) is 10.3 Å². The zero-order valence-corrected chi connectivity index (χ0v) is 10.0. The third-order valence-electron chi connectivity index (χ3n) is 2.16. The van der Waals surface area contributed by atoms with Crippen molar-refractivity contribution >= 4 is 5.95 Å². The minimum absolute atomic E-state index is 0.0610. The minimum Gasteiger partial charge on any atom is -0.479 e. The summed E-state index contributed by atoms with van der Waals surface area (Å²) in [5, 5.41) is 2.90. The molecule has 2 aromatic rings. The second-order valence-corrected chi connectivity index (χ2v) is 3.33. The normalized spacial score (nSPS) is 10.2. The summed E-state index contributed by atoms with van der Waals surface area (Å²) >= 11 is 0. The topological polar surface area (TPSA) is 72.8 Å². The molecule has 0 radical (unpaired) electrons. The van der Waals surface area contributed by atoms with Gasteiger partial charge in [-0.3, -0.25) is 0 Å². The van der Waals surface area contributed by atoms with Crippen molar-refractivity contribution in [3.63, 3.8) is 0 Å². The zero-order valence-electron chi connectivity index (χ0n) is 10.0. The van der Waals surface area contributed by atoms with E-state index in [9.17, 15) is 4.39 Å². The second-order valence-electron chi connectivity index (χ2n) is 3.33. The average Bonchev–Trinajstić information content (AvgIpc) is 2.41. The fraction of sp³-hybridized carbons (Fsp3) is 0.273. The number of nitrogens with zero attached hydrogens (tertiary/aromatic N) is 4. The van der Waals surface area contributed by atoms with Crippen LogP contribution in [0.2, 0.25) is 0 Å². The van der Waals surface area contributed by atoms with Gasteiger partial charge < -0.3 is 10.1 Å². The first kappa shape index (κ1) is 12.2. The first-order valence-electron chi connectivity index (χ1n) is 5.38. The van der Waals surface area contributed by atoms with Crippen molar-refractivity contribution in [3.05, 3.63) is 24.4 Å². The maximum atomic E-state index is 13.7. The number of ether oxygens (including phenoxy) is 1. The Morgan fingerprint density at radius 3 is 2.72 bits per heavy atom. The highest BCUT2D eigenvalue weighted by Gasteiger charge is 2.16. The molecule has 0 atom stereocenters. The van der Waals surface area contributed by atoms with Gasteiger partial charge in [-0.15, -0.1) is 0 Å². The molecular formula is C11H12FN5O. The molecule has 2 heterocycles. The van der Waals surface area contributed by atoms with Gasteiger partial charge in [0.1, 0.15) is 5.69 Å². The van der Waals surface area contributed by atoms with Crippen LogP contribution in [0.25, 0.3) is 11.4 Å². The molecule has 0 amide bonds. The Morgan fingerprint density at radius 1 is 1.22 bits per heavy atom. The van der Waals surface area contributed by atoms with Crippen molar-refractivity contribution in [1.82, 2.24) is 19.9 Å². The summed E-state index contributed by atoms with van der Waals surface area (Å²) in [6.45, 7) is 2.54. The van der Waals surface area contributed by atoms with E-state index in [4.69, 9.17) is 4.74 Å². The number of aromatic nitrogens is 4. The van der Waals surface area contributed by atoms with Crippen molar-refractivity contribution in [2.45, 2.75) is 6.92 Å². The van der Waals surface area contributed by atoms with Crippen molar-refractivity contribution in [1.29, 1.82) is 0 Å². The highest BCUT2D eigenvalue weighted by molar-refractivity contribution is 5.61. The van der Waals surface area contributed by atoms with E-state index in [0.717, 1.165) is 6.20 Å². The summed E-state index contributed by atoms with van der Waals surface area (Å²) in [6.07, 6.45) is 4.01. The lowest BCUT2D eigenvalue weighted by molar-refractivity contribution is 0.397. The number of rotatable bonds is 4. The molecule has 7 heteroatoms. The van der Waals surface area contributed by atoms with Gasteiger partial charge in [0, 0.05) is 18.9 Å². The van der Waals surface area contributed by atoms with E-state index in [1.54, 1.807) is 0 Å². The smallest absolute Gasteiger partial charge is 0.242 e. The standard InChI is InChI=1S/C11H12FN5O/c1-3-13-11-16-6-7(12)8(17-11)9-10(18-2)15-5-4-14-9/h4-6H,3H2,1-2H3,(H,13,16,17). The van der Waals surface area contributed by atoms with Crippen LogP contribution in [0.15, 0.2) is 18.6 Å². The zero-order chi connectivity index (χ0) is 13.0. The summed E-state index contributed by atoms with van der Waals surface area (Å²) in [5.74, 6) is -0.0189. The molecule has 18 heavy (non-hydrogen) atoms. The van der Waals surface area contributed by atoms with Crippen LogP contribution in [-0.4, -0.2) is 33.6 Å². The van der Waals surface area contributed by atoms with Gasteiger partial charge in [0.15, 0.2) is 11.5 Å². The van der Waals surface area contributed by atoms with Crippen molar-refractivity contribution in [3.8, 4) is 17.3 Å². The second kappa shape index (κ2) is 5.35. The van der Waals surface area contributed by atoms with E-state index in [1.807, 2.05) is 6.92 Å². The third kappa shape index (κ3) is 2.34. The van der Waals surface area contributed by atoms with E-state index in [0.29, 0.717) is 12.5 Å². The summed E-state index contributed by atoms with van der Waals surface area (Å²) in [5.41, 5.74) is 0.310. The van der Waals surface area contributed by atoms with Crippen molar-refractivity contribution < 1.29 is 9.13 Å². The van der Waals surface area contributed by atoms with E-state index in [-0.39, 0.29) is 17.3 Å². The number of methoxy groups -OCH3 is 1. The van der Waals surface area contributed by atoms with Crippen LogP contribution in [0.5, 0.6) is 5.88 Å². The molecule has 6 nitrogen and oxygen atoms in total. The van der Waals surface area contributed by atoms with Gasteiger partial charge in [0.25, 0.3) is 0 Å². The van der Waals surface area contributed by atoms with E-state index < -0.39 is 5.82 Å². The predicted molar refractivity (Wildman–Crippen MR) is 63.7 cm³/mol. The maximum absolute atomic E-state index is 13.7. The van der Waals surface area contributed by atoms with Gasteiger partial charge in [-0.05, 0) is 6.92 Å². The molecule has 2 aromatic heterocycles. The maximum Gasteiger partial charge on any atom is 0.242 e. The van der Waals surface area contributed by atoms with Gasteiger partial charge in [0.2, 0.25) is 11.8 Å². The number of anilines is 1. The molecule has 0 aliphatic rings. The quantitative estimate of drug-likeness (QED) is 0.885. The van der Waals surface area contributed by atoms with Gasteiger partial charge in [-0.1, -0.05) is 0 Å². The molecule has 94 valence electrons. The lowest BCUT2D eigenvalue weighted by atomic mass is 10.3. The van der Waals surface area contributed by atoms with Gasteiger partial charge in [-0.25, -0.2) is 24.3 Å². The molecule has 2 rings (SSSR count). The lowest BCUT2D eigenvalue weighted by Crippen LogP contribution is -2.05. The Balaban J connectivity index is 2.51. The molecule has 1 N–H and O–H groups in total. The van der Waals surface area contributed by atoms with Crippen LogP contribution in [0, 0.1) is 5.82 Å². The predicted octanol–water partition coefficient (Wildman–Crippen LogP) is 1.51. The molecular weight excluding hydrogens is 237 g/mol. The Bertz CT molecular complexity index is 549. The van der Waals surface area contributed by atoms with Crippen molar-refractivity contribution in [2.75, 3.05) is 19.0 Å². The van der Waals surface area contributed by atoms with E-state index in [2.05, 4.69) is 25.3 Å². The molecule has 0 aliphatic carbocycles. The van der Waals surface area contributed by atoms with E-state index >= 15 is 0 Å². The highest BCUT2D eigenvalue weighted by atomic mass is 19.1. The summed E-state index contributed by atoms with van der Waals surface area (Å²) in [4.78, 5) is 15.9. The fourth-order valence-electron chi connectivity index (χ4n) is 1.41. The number of hydrogen-bond acceptors (Lipinski definition) is 6. The molecule has 0 aromatic carbocycles. The number of halogens is 1. The van der Waals surface area contributed by atoms with E-state index in [1.165, 1.54) is 19.5 Å². The van der Waals surface area contributed by atoms with Crippen LogP contribution < -0.4 is 10.1 Å². The summed E-state index contributed by atoms with van der Waals surface area (Å²) < 4.78 is 18.8. The molecule has 0 saturated heterocycles. The Labute approximate surface area is 103 Å². The Hall–Kier alpha value is -2.31. The summed E-state index contributed by atoms with van der Waals surface area (Å²) in [6, 6.07) is 0. The van der Waals surface area contributed by atoms with Crippen LogP contribution in [-0.2, 0) is 0 Å². The van der Waals surface area contributed by atoms with Crippen LogP contribution >= 0.6 is 0 Å². The molecule has 0 bridgehead atoms. The third-order valence-corrected chi connectivity index (χ3v) is 2.16. The van der Waals surface area contributed by atoms with Crippen LogP contribution in [0.3, 0.4) is 0 Å². The van der Waals surface area contributed by atoms with Crippen molar-refractivity contribution in [2.24, 2.45) is 0 Å². The molecule has 0 unspecified atom stereocenters. The van der Waals surface area contributed by atoms with Gasteiger partial charge in [-0.2, -0.15) is 0 Å². The molecule has 0 spiro atoms. The molecule has 0 saturated carbocycles. The van der Waals surface area contributed by atoms with Gasteiger partial charge in [0.05, 0.1) is 13.3 Å². The molecule has 0 fully saturated rings.